The van der Waals surface area contributed by atoms with Crippen LogP contribution in [0.5, 0.6) is 0 Å². The van der Waals surface area contributed by atoms with Crippen LogP contribution < -0.4 is 0 Å². The van der Waals surface area contributed by atoms with Crippen LogP contribution in [0, 0.1) is 6.92 Å². The molecule has 5 rings (SSSR count). The normalized spacial score (nSPS) is 14.1. The zero-order chi connectivity index (χ0) is 21.8. The summed E-state index contributed by atoms with van der Waals surface area (Å²) in [5, 5.41) is 0. The summed E-state index contributed by atoms with van der Waals surface area (Å²) in [6.45, 7) is 2.00. The van der Waals surface area contributed by atoms with Crippen LogP contribution >= 0.6 is 0 Å². The minimum absolute atomic E-state index is 0.285. The van der Waals surface area contributed by atoms with Crippen molar-refractivity contribution < 1.29 is 13.2 Å². The van der Waals surface area contributed by atoms with Crippen molar-refractivity contribution in [2.45, 2.75) is 30.7 Å². The summed E-state index contributed by atoms with van der Waals surface area (Å²) < 4.78 is 25.8. The number of hydrogen-bond donors (Lipinski definition) is 0. The lowest BCUT2D eigenvalue weighted by atomic mass is 10.0. The molecule has 0 unspecified atom stereocenters. The van der Waals surface area contributed by atoms with E-state index in [2.05, 4.69) is 4.57 Å². The molecule has 1 aliphatic carbocycles. The first-order chi connectivity index (χ1) is 14.9. The molecule has 2 aromatic carbocycles. The average Bonchev–Trinajstić information content (AvgIpc) is 3.52. The van der Waals surface area contributed by atoms with Crippen LogP contribution in [0.3, 0.4) is 0 Å². The van der Waals surface area contributed by atoms with E-state index in [1.165, 1.54) is 6.26 Å². The summed E-state index contributed by atoms with van der Waals surface area (Å²) in [7, 11) is -3.26. The van der Waals surface area contributed by atoms with Gasteiger partial charge in [0.2, 0.25) is 0 Å². The molecular weight excluding hydrogens is 410 g/mol. The van der Waals surface area contributed by atoms with Gasteiger partial charge in [-0.15, -0.1) is 0 Å². The number of nitrogens with zero attached hydrogens (tertiary/aromatic N) is 3. The van der Waals surface area contributed by atoms with E-state index in [1.807, 2.05) is 31.2 Å². The van der Waals surface area contributed by atoms with E-state index in [9.17, 15) is 13.2 Å². The van der Waals surface area contributed by atoms with Crippen LogP contribution in [0.15, 0.2) is 59.5 Å². The standard InChI is InChI=1S/C24H21N3O3S/c1-15-13-21(20-6-4-3-5-17(20)14-28)25-24-22(15)26-23(27(24)18-9-10-18)16-7-11-19(12-8-16)31(2,29)30/h3-8,11-14,18H,9-10H2,1-2H3. The number of aromatic nitrogens is 3. The van der Waals surface area contributed by atoms with Crippen molar-refractivity contribution in [2.75, 3.05) is 6.26 Å². The molecule has 0 amide bonds. The number of benzene rings is 2. The number of aldehydes is 1. The van der Waals surface area contributed by atoms with Crippen molar-refractivity contribution in [1.29, 1.82) is 0 Å². The number of carbonyl (C=O) groups is 1. The molecule has 0 N–H and O–H groups in total. The number of rotatable bonds is 5. The van der Waals surface area contributed by atoms with Crippen LogP contribution in [-0.4, -0.2) is 35.5 Å². The molecule has 2 aromatic heterocycles. The van der Waals surface area contributed by atoms with E-state index >= 15 is 0 Å². The molecular formula is C24H21N3O3S. The van der Waals surface area contributed by atoms with Gasteiger partial charge in [0.15, 0.2) is 21.8 Å². The molecule has 2 heterocycles. The third-order valence-electron chi connectivity index (χ3n) is 5.66. The lowest BCUT2D eigenvalue weighted by Gasteiger charge is -2.10. The van der Waals surface area contributed by atoms with Crippen molar-refractivity contribution >= 4 is 27.3 Å². The Morgan fingerprint density at radius 3 is 2.39 bits per heavy atom. The van der Waals surface area contributed by atoms with Crippen LogP contribution in [0.1, 0.15) is 34.8 Å². The first-order valence-electron chi connectivity index (χ1n) is 10.1. The molecule has 0 spiro atoms. The van der Waals surface area contributed by atoms with Crippen molar-refractivity contribution in [3.8, 4) is 22.6 Å². The van der Waals surface area contributed by atoms with Crippen molar-refractivity contribution in [3.05, 3.63) is 65.7 Å². The summed E-state index contributed by atoms with van der Waals surface area (Å²) in [6, 6.07) is 16.5. The number of sulfone groups is 1. The number of pyridine rings is 1. The minimum atomic E-state index is -3.26. The van der Waals surface area contributed by atoms with E-state index in [0.29, 0.717) is 11.6 Å². The first-order valence-corrected chi connectivity index (χ1v) is 12.0. The molecule has 4 aromatic rings. The fourth-order valence-electron chi connectivity index (χ4n) is 3.92. The lowest BCUT2D eigenvalue weighted by Crippen LogP contribution is -2.01. The van der Waals surface area contributed by atoms with Crippen molar-refractivity contribution in [2.24, 2.45) is 0 Å². The summed E-state index contributed by atoms with van der Waals surface area (Å²) in [6.07, 6.45) is 4.16. The van der Waals surface area contributed by atoms with Gasteiger partial charge in [0, 0.05) is 29.0 Å². The zero-order valence-corrected chi connectivity index (χ0v) is 18.1. The van der Waals surface area contributed by atoms with Gasteiger partial charge in [-0.1, -0.05) is 24.3 Å². The number of imidazole rings is 1. The Labute approximate surface area is 180 Å². The third kappa shape index (κ3) is 3.45. The largest absolute Gasteiger partial charge is 0.306 e. The molecule has 156 valence electrons. The molecule has 0 radical (unpaired) electrons. The molecule has 6 nitrogen and oxygen atoms in total. The number of fused-ring (bicyclic) bond motifs is 1. The van der Waals surface area contributed by atoms with Crippen LogP contribution in [-0.2, 0) is 9.84 Å². The Morgan fingerprint density at radius 2 is 1.74 bits per heavy atom. The molecule has 0 saturated heterocycles. The molecule has 1 saturated carbocycles. The van der Waals surface area contributed by atoms with Crippen molar-refractivity contribution in [3.63, 3.8) is 0 Å². The summed E-state index contributed by atoms with van der Waals surface area (Å²) in [4.78, 5) is 21.6. The van der Waals surface area contributed by atoms with Crippen molar-refractivity contribution in [1.82, 2.24) is 14.5 Å². The summed E-state index contributed by atoms with van der Waals surface area (Å²) in [5.41, 5.74) is 5.59. The van der Waals surface area contributed by atoms with Crippen LogP contribution in [0.4, 0.5) is 0 Å². The highest BCUT2D eigenvalue weighted by molar-refractivity contribution is 7.90. The topological polar surface area (TPSA) is 81.9 Å². The Hall–Kier alpha value is -3.32. The Balaban J connectivity index is 1.72. The SMILES string of the molecule is Cc1cc(-c2ccccc2C=O)nc2c1nc(-c1ccc(S(C)(=O)=O)cc1)n2C1CC1. The number of carbonyl (C=O) groups excluding carboxylic acids is 1. The van der Waals surface area contributed by atoms with Gasteiger partial charge in [0.25, 0.3) is 0 Å². The number of hydrogen-bond acceptors (Lipinski definition) is 5. The van der Waals surface area contributed by atoms with E-state index in [0.717, 1.165) is 58.5 Å². The second kappa shape index (κ2) is 7.13. The Bertz CT molecular complexity index is 1430. The van der Waals surface area contributed by atoms with E-state index in [-0.39, 0.29) is 4.90 Å². The molecule has 1 aliphatic rings. The summed E-state index contributed by atoms with van der Waals surface area (Å²) >= 11 is 0. The quantitative estimate of drug-likeness (QED) is 0.431. The highest BCUT2D eigenvalue weighted by Crippen LogP contribution is 2.42. The second-order valence-corrected chi connectivity index (χ2v) is 10.1. The lowest BCUT2D eigenvalue weighted by molar-refractivity contribution is 0.112. The predicted octanol–water partition coefficient (Wildman–Crippen LogP) is 4.62. The van der Waals surface area contributed by atoms with E-state index in [1.54, 1.807) is 30.3 Å². The Morgan fingerprint density at radius 1 is 1.03 bits per heavy atom. The zero-order valence-electron chi connectivity index (χ0n) is 17.2. The maximum Gasteiger partial charge on any atom is 0.175 e. The molecule has 1 fully saturated rings. The molecule has 0 aliphatic heterocycles. The molecule has 0 bridgehead atoms. The maximum atomic E-state index is 11.8. The Kier molecular flexibility index (Phi) is 4.51. The third-order valence-corrected chi connectivity index (χ3v) is 6.78. The highest BCUT2D eigenvalue weighted by Gasteiger charge is 2.30. The second-order valence-electron chi connectivity index (χ2n) is 8.03. The van der Waals surface area contributed by atoms with Gasteiger partial charge in [-0.25, -0.2) is 18.4 Å². The summed E-state index contributed by atoms with van der Waals surface area (Å²) in [5.74, 6) is 0.786. The van der Waals surface area contributed by atoms with Gasteiger partial charge in [0.1, 0.15) is 11.3 Å². The maximum absolute atomic E-state index is 11.8. The fourth-order valence-corrected chi connectivity index (χ4v) is 4.55. The molecule has 31 heavy (non-hydrogen) atoms. The monoisotopic (exact) mass is 431 g/mol. The van der Waals surface area contributed by atoms with Gasteiger partial charge >= 0.3 is 0 Å². The smallest absolute Gasteiger partial charge is 0.175 e. The van der Waals surface area contributed by atoms with Gasteiger partial charge in [-0.05, 0) is 55.7 Å². The predicted molar refractivity (Wildman–Crippen MR) is 120 cm³/mol. The van der Waals surface area contributed by atoms with Crippen LogP contribution in [0.25, 0.3) is 33.8 Å². The fraction of sp³-hybridized carbons (Fsp3) is 0.208. The molecule has 0 atom stereocenters. The van der Waals surface area contributed by atoms with Gasteiger partial charge in [-0.2, -0.15) is 0 Å². The average molecular weight is 432 g/mol. The first kappa shape index (κ1) is 19.6. The number of aryl methyl sites for hydroxylation is 1. The van der Waals surface area contributed by atoms with Gasteiger partial charge in [-0.3, -0.25) is 4.79 Å². The van der Waals surface area contributed by atoms with Gasteiger partial charge in [0.05, 0.1) is 10.6 Å². The minimum Gasteiger partial charge on any atom is -0.306 e. The van der Waals surface area contributed by atoms with E-state index < -0.39 is 9.84 Å². The van der Waals surface area contributed by atoms with Crippen LogP contribution in [0.2, 0.25) is 0 Å². The van der Waals surface area contributed by atoms with Gasteiger partial charge < -0.3 is 4.57 Å². The van der Waals surface area contributed by atoms with E-state index in [4.69, 9.17) is 9.97 Å². The molecule has 7 heteroatoms. The highest BCUT2D eigenvalue weighted by atomic mass is 32.2.